The van der Waals surface area contributed by atoms with E-state index < -0.39 is 9.84 Å². The van der Waals surface area contributed by atoms with Crippen LogP contribution in [0.25, 0.3) is 0 Å². The van der Waals surface area contributed by atoms with Crippen molar-refractivity contribution in [2.45, 2.75) is 31.7 Å². The van der Waals surface area contributed by atoms with Gasteiger partial charge in [-0.3, -0.25) is 4.99 Å². The summed E-state index contributed by atoms with van der Waals surface area (Å²) in [4.78, 5) is 6.97. The molecule has 0 unspecified atom stereocenters. The highest BCUT2D eigenvalue weighted by Crippen LogP contribution is 2.37. The minimum absolute atomic E-state index is 0.0836. The van der Waals surface area contributed by atoms with Gasteiger partial charge in [-0.25, -0.2) is 8.42 Å². The normalized spacial score (nSPS) is 23.8. The van der Waals surface area contributed by atoms with Crippen molar-refractivity contribution >= 4 is 32.5 Å². The van der Waals surface area contributed by atoms with E-state index in [9.17, 15) is 8.42 Å². The molecule has 4 rings (SSSR count). The van der Waals surface area contributed by atoms with Gasteiger partial charge in [0.1, 0.15) is 0 Å². The predicted molar refractivity (Wildman–Crippen MR) is 110 cm³/mol. The fourth-order valence-electron chi connectivity index (χ4n) is 3.71. The second-order valence-corrected chi connectivity index (χ2v) is 10.2. The molecule has 1 saturated heterocycles. The van der Waals surface area contributed by atoms with Crippen LogP contribution in [-0.2, 0) is 15.6 Å². The molecule has 6 heteroatoms. The molecule has 2 heterocycles. The number of benzene rings is 2. The molecular formula is C20H22N2O2S2. The van der Waals surface area contributed by atoms with E-state index in [0.29, 0.717) is 0 Å². The first kappa shape index (κ1) is 17.6. The van der Waals surface area contributed by atoms with Crippen molar-refractivity contribution in [3.05, 3.63) is 65.2 Å². The molecule has 0 spiro atoms. The lowest BCUT2D eigenvalue weighted by Crippen LogP contribution is -2.39. The summed E-state index contributed by atoms with van der Waals surface area (Å²) in [6, 6.07) is 16.4. The van der Waals surface area contributed by atoms with Gasteiger partial charge in [-0.2, -0.15) is 0 Å². The maximum atomic E-state index is 12.1. The average Bonchev–Trinajstić information content (AvgIpc) is 3.06. The smallest absolute Gasteiger partial charge is 0.164 e. The zero-order valence-electron chi connectivity index (χ0n) is 14.9. The maximum absolute atomic E-state index is 12.1. The highest BCUT2D eigenvalue weighted by Gasteiger charge is 2.47. The summed E-state index contributed by atoms with van der Waals surface area (Å²) in [5.74, 6) is 1.17. The molecule has 0 aliphatic carbocycles. The van der Waals surface area contributed by atoms with Gasteiger partial charge in [0.05, 0.1) is 23.6 Å². The van der Waals surface area contributed by atoms with Gasteiger partial charge in [0.15, 0.2) is 15.0 Å². The van der Waals surface area contributed by atoms with Gasteiger partial charge in [0.2, 0.25) is 0 Å². The number of fused-ring (bicyclic) bond motifs is 1. The number of amidine groups is 1. The Kier molecular flexibility index (Phi) is 4.57. The van der Waals surface area contributed by atoms with Crippen LogP contribution in [0.1, 0.15) is 16.7 Å². The fraction of sp³-hybridized carbons (Fsp3) is 0.350. The molecule has 2 aliphatic rings. The molecule has 0 bridgehead atoms. The van der Waals surface area contributed by atoms with Crippen molar-refractivity contribution in [1.82, 2.24) is 0 Å². The zero-order valence-corrected chi connectivity index (χ0v) is 16.6. The van der Waals surface area contributed by atoms with Crippen LogP contribution < -0.4 is 4.90 Å². The maximum Gasteiger partial charge on any atom is 0.164 e. The summed E-state index contributed by atoms with van der Waals surface area (Å²) < 4.78 is 24.3. The topological polar surface area (TPSA) is 49.7 Å². The molecule has 0 radical (unpaired) electrons. The second-order valence-electron chi connectivity index (χ2n) is 7.06. The van der Waals surface area contributed by atoms with Crippen LogP contribution in [-0.4, -0.2) is 37.2 Å². The third-order valence-corrected chi connectivity index (χ3v) is 7.67. The Bertz CT molecular complexity index is 955. The average molecular weight is 387 g/mol. The molecule has 136 valence electrons. The van der Waals surface area contributed by atoms with Crippen LogP contribution in [0.2, 0.25) is 0 Å². The first-order chi connectivity index (χ1) is 12.4. The molecule has 2 aliphatic heterocycles. The van der Waals surface area contributed by atoms with Gasteiger partial charge in [0, 0.05) is 11.4 Å². The zero-order chi connectivity index (χ0) is 18.3. The van der Waals surface area contributed by atoms with Crippen molar-refractivity contribution < 1.29 is 8.42 Å². The number of hydrogen-bond donors (Lipinski definition) is 0. The van der Waals surface area contributed by atoms with E-state index in [1.165, 1.54) is 11.1 Å². The molecule has 2 atom stereocenters. The highest BCUT2D eigenvalue weighted by molar-refractivity contribution is 8.13. The summed E-state index contributed by atoms with van der Waals surface area (Å²) in [5, 5.41) is 0.936. The number of aliphatic imine (C=N–C) groups is 1. The van der Waals surface area contributed by atoms with E-state index in [2.05, 4.69) is 49.1 Å². The molecule has 26 heavy (non-hydrogen) atoms. The van der Waals surface area contributed by atoms with Crippen molar-refractivity contribution in [2.75, 3.05) is 16.4 Å². The number of anilines is 1. The summed E-state index contributed by atoms with van der Waals surface area (Å²) >= 11 is 1.69. The van der Waals surface area contributed by atoms with Crippen LogP contribution in [0, 0.1) is 13.8 Å². The molecule has 2 aromatic rings. The fourth-order valence-corrected chi connectivity index (χ4v) is 6.63. The largest absolute Gasteiger partial charge is 0.315 e. The minimum Gasteiger partial charge on any atom is -0.315 e. The van der Waals surface area contributed by atoms with Gasteiger partial charge >= 0.3 is 0 Å². The van der Waals surface area contributed by atoms with Crippen molar-refractivity contribution in [2.24, 2.45) is 4.99 Å². The molecule has 2 aromatic carbocycles. The number of hydrogen-bond acceptors (Lipinski definition) is 5. The molecule has 0 saturated carbocycles. The van der Waals surface area contributed by atoms with Crippen molar-refractivity contribution in [3.8, 4) is 0 Å². The quantitative estimate of drug-likeness (QED) is 0.809. The van der Waals surface area contributed by atoms with Crippen molar-refractivity contribution in [1.29, 1.82) is 0 Å². The van der Waals surface area contributed by atoms with Gasteiger partial charge in [0.25, 0.3) is 0 Å². The highest BCUT2D eigenvalue weighted by atomic mass is 32.2. The summed E-state index contributed by atoms with van der Waals surface area (Å²) in [7, 11) is -3.02. The van der Waals surface area contributed by atoms with Crippen LogP contribution in [0.3, 0.4) is 0 Å². The Labute approximate surface area is 159 Å². The standard InChI is InChI=1S/C20H22N2O2S2/c1-14-8-9-18(15(2)10-14)22-19-13-26(23,24)12-17(19)21-20(22)25-11-16-6-4-3-5-7-16/h3-10,17,19H,11-13H2,1-2H3/t17-,19+/m0/s1. The van der Waals surface area contributed by atoms with E-state index in [1.807, 2.05) is 18.2 Å². The van der Waals surface area contributed by atoms with Crippen LogP contribution >= 0.6 is 11.8 Å². The van der Waals surface area contributed by atoms with Gasteiger partial charge in [-0.05, 0) is 31.0 Å². The number of thioether (sulfide) groups is 1. The number of sulfone groups is 1. The van der Waals surface area contributed by atoms with Gasteiger partial charge in [-0.15, -0.1) is 0 Å². The second kappa shape index (κ2) is 6.74. The van der Waals surface area contributed by atoms with Crippen molar-refractivity contribution in [3.63, 3.8) is 0 Å². The third kappa shape index (κ3) is 3.40. The van der Waals surface area contributed by atoms with E-state index in [1.54, 1.807) is 11.8 Å². The van der Waals surface area contributed by atoms with Gasteiger partial charge < -0.3 is 4.90 Å². The Hall–Kier alpha value is -1.79. The summed E-state index contributed by atoms with van der Waals surface area (Å²) in [6.45, 7) is 4.15. The molecule has 0 amide bonds. The molecule has 0 aromatic heterocycles. The lowest BCUT2D eigenvalue weighted by molar-refractivity contribution is 0.601. The first-order valence-corrected chi connectivity index (χ1v) is 11.5. The lowest BCUT2D eigenvalue weighted by Gasteiger charge is -2.28. The van der Waals surface area contributed by atoms with Crippen LogP contribution in [0.4, 0.5) is 5.69 Å². The molecule has 4 nitrogen and oxygen atoms in total. The Morgan fingerprint density at radius 3 is 2.62 bits per heavy atom. The van der Waals surface area contributed by atoms with Crippen LogP contribution in [0.15, 0.2) is 53.5 Å². The van der Waals surface area contributed by atoms with E-state index in [4.69, 9.17) is 4.99 Å². The first-order valence-electron chi connectivity index (χ1n) is 8.74. The molecular weight excluding hydrogens is 364 g/mol. The molecule has 0 N–H and O–H groups in total. The van der Waals surface area contributed by atoms with E-state index in [0.717, 1.165) is 22.2 Å². The summed E-state index contributed by atoms with van der Waals surface area (Å²) in [5.41, 5.74) is 4.67. The lowest BCUT2D eigenvalue weighted by atomic mass is 10.1. The SMILES string of the molecule is Cc1ccc(N2C(SCc3ccccc3)=N[C@H]3CS(=O)(=O)C[C@H]32)c(C)c1. The third-order valence-electron chi connectivity index (χ3n) is 4.93. The monoisotopic (exact) mass is 386 g/mol. The van der Waals surface area contributed by atoms with Gasteiger partial charge in [-0.1, -0.05) is 59.8 Å². The van der Waals surface area contributed by atoms with E-state index >= 15 is 0 Å². The van der Waals surface area contributed by atoms with E-state index in [-0.39, 0.29) is 23.6 Å². The predicted octanol–water partition coefficient (Wildman–Crippen LogP) is 3.58. The summed E-state index contributed by atoms with van der Waals surface area (Å²) in [6.07, 6.45) is 0. The minimum atomic E-state index is -3.02. The Morgan fingerprint density at radius 1 is 1.12 bits per heavy atom. The number of rotatable bonds is 3. The Morgan fingerprint density at radius 2 is 1.88 bits per heavy atom. The van der Waals surface area contributed by atoms with Crippen LogP contribution in [0.5, 0.6) is 0 Å². The number of nitrogens with zero attached hydrogens (tertiary/aromatic N) is 2. The number of aryl methyl sites for hydroxylation is 2. The molecule has 1 fully saturated rings. The Balaban J connectivity index is 1.66.